The minimum atomic E-state index is -5.93. The summed E-state index contributed by atoms with van der Waals surface area (Å²) in [6, 6.07) is -0.299. The molecule has 1 aliphatic heterocycles. The Kier molecular flexibility index (Phi) is 4.28. The number of nitrogens with two attached hydrogens (primary N) is 1. The summed E-state index contributed by atoms with van der Waals surface area (Å²) >= 11 is 0. The maximum Gasteiger partial charge on any atom is 0.586 e. The van der Waals surface area contributed by atoms with E-state index in [-0.39, 0.29) is 12.4 Å². The van der Waals surface area contributed by atoms with Gasteiger partial charge in [0.2, 0.25) is 0 Å². The highest BCUT2D eigenvalue weighted by atomic mass is 35.5. The third-order valence-corrected chi connectivity index (χ3v) is 2.56. The van der Waals surface area contributed by atoms with E-state index >= 15 is 0 Å². The van der Waals surface area contributed by atoms with Crippen molar-refractivity contribution in [1.82, 2.24) is 0 Å². The van der Waals surface area contributed by atoms with Crippen LogP contribution in [0.5, 0.6) is 11.5 Å². The zero-order valence-electron chi connectivity index (χ0n) is 9.76. The van der Waals surface area contributed by atoms with E-state index < -0.39 is 41.5 Å². The van der Waals surface area contributed by atoms with Gasteiger partial charge in [-0.25, -0.2) is 0 Å². The molecular formula is C10H7ClF7NO2. The van der Waals surface area contributed by atoms with Crippen LogP contribution in [-0.4, -0.2) is 18.4 Å². The molecule has 0 aliphatic carbocycles. The molecule has 0 amide bonds. The first-order chi connectivity index (χ1) is 8.96. The molecule has 1 atom stereocenters. The molecule has 1 heterocycles. The van der Waals surface area contributed by atoms with E-state index in [9.17, 15) is 30.7 Å². The third kappa shape index (κ3) is 2.95. The topological polar surface area (TPSA) is 44.5 Å². The molecule has 0 unspecified atom stereocenters. The summed E-state index contributed by atoms with van der Waals surface area (Å²) in [5, 5.41) is 0. The number of halogens is 8. The van der Waals surface area contributed by atoms with Gasteiger partial charge in [-0.2, -0.15) is 22.0 Å². The largest absolute Gasteiger partial charge is 0.586 e. The standard InChI is InChI=1S/C10H6F7NO2.ClH/c11-8(12,9(13,14)15)7(18)4-2-1-3-5-6(4)20-10(16,17)19-5;/h1-3,7H,18H2;1H/t7-;/m1./s1. The summed E-state index contributed by atoms with van der Waals surface area (Å²) in [4.78, 5) is 0. The Bertz CT molecular complexity index is 535. The van der Waals surface area contributed by atoms with Crippen LogP contribution in [0.3, 0.4) is 0 Å². The number of ether oxygens (including phenoxy) is 2. The smallest absolute Gasteiger partial charge is 0.395 e. The van der Waals surface area contributed by atoms with Crippen molar-refractivity contribution in [3.05, 3.63) is 23.8 Å². The van der Waals surface area contributed by atoms with E-state index in [0.717, 1.165) is 18.2 Å². The number of para-hydroxylation sites is 1. The van der Waals surface area contributed by atoms with Crippen molar-refractivity contribution < 1.29 is 40.2 Å². The number of alkyl halides is 7. The molecule has 0 bridgehead atoms. The van der Waals surface area contributed by atoms with Crippen molar-refractivity contribution in [2.75, 3.05) is 0 Å². The lowest BCUT2D eigenvalue weighted by Crippen LogP contribution is -2.46. The van der Waals surface area contributed by atoms with Crippen molar-refractivity contribution in [3.63, 3.8) is 0 Å². The average molecular weight is 342 g/mol. The number of benzene rings is 1. The van der Waals surface area contributed by atoms with Gasteiger partial charge in [0.25, 0.3) is 0 Å². The Morgan fingerprint density at radius 2 is 1.62 bits per heavy atom. The lowest BCUT2D eigenvalue weighted by Gasteiger charge is -2.26. The first-order valence-corrected chi connectivity index (χ1v) is 5.04. The summed E-state index contributed by atoms with van der Waals surface area (Å²) in [5.41, 5.74) is 3.94. The van der Waals surface area contributed by atoms with Crippen LogP contribution >= 0.6 is 12.4 Å². The molecule has 0 aromatic heterocycles. The second-order valence-corrected chi connectivity index (χ2v) is 3.94. The maximum absolute atomic E-state index is 13.1. The maximum atomic E-state index is 13.1. The Morgan fingerprint density at radius 3 is 2.14 bits per heavy atom. The first-order valence-electron chi connectivity index (χ1n) is 5.04. The minimum Gasteiger partial charge on any atom is -0.395 e. The Balaban J connectivity index is 0.00000220. The highest BCUT2D eigenvalue weighted by molar-refractivity contribution is 5.85. The summed E-state index contributed by atoms with van der Waals surface area (Å²) in [5.74, 6) is -6.92. The normalized spacial score (nSPS) is 18.1. The predicted molar refractivity (Wildman–Crippen MR) is 57.8 cm³/mol. The van der Waals surface area contributed by atoms with Crippen LogP contribution in [0.15, 0.2) is 18.2 Å². The van der Waals surface area contributed by atoms with Gasteiger partial charge in [0.05, 0.1) is 0 Å². The van der Waals surface area contributed by atoms with Crippen molar-refractivity contribution in [1.29, 1.82) is 0 Å². The molecule has 0 saturated heterocycles. The van der Waals surface area contributed by atoms with Crippen LogP contribution < -0.4 is 15.2 Å². The van der Waals surface area contributed by atoms with E-state index in [1.807, 2.05) is 0 Å². The van der Waals surface area contributed by atoms with Crippen molar-refractivity contribution in [2.45, 2.75) is 24.4 Å². The lowest BCUT2D eigenvalue weighted by atomic mass is 9.99. The Labute approximate surface area is 119 Å². The molecular weight excluding hydrogens is 335 g/mol. The van der Waals surface area contributed by atoms with Crippen LogP contribution in [0.4, 0.5) is 30.7 Å². The fourth-order valence-electron chi connectivity index (χ4n) is 1.61. The number of hydrogen-bond donors (Lipinski definition) is 1. The van der Waals surface area contributed by atoms with Crippen LogP contribution in [0, 0.1) is 0 Å². The number of hydrogen-bond acceptors (Lipinski definition) is 3. The highest BCUT2D eigenvalue weighted by Gasteiger charge is 2.62. The monoisotopic (exact) mass is 341 g/mol. The highest BCUT2D eigenvalue weighted by Crippen LogP contribution is 2.50. The van der Waals surface area contributed by atoms with Crippen molar-refractivity contribution in [2.24, 2.45) is 5.73 Å². The third-order valence-electron chi connectivity index (χ3n) is 2.56. The van der Waals surface area contributed by atoms with Gasteiger partial charge in [0.1, 0.15) is 6.04 Å². The zero-order chi connectivity index (χ0) is 15.3. The molecule has 0 saturated carbocycles. The Hall–Kier alpha value is -1.42. The van der Waals surface area contributed by atoms with Crippen LogP contribution in [0.2, 0.25) is 0 Å². The Morgan fingerprint density at radius 1 is 1.05 bits per heavy atom. The van der Waals surface area contributed by atoms with Gasteiger partial charge in [0.15, 0.2) is 11.5 Å². The SMILES string of the molecule is Cl.N[C@H](c1cccc2c1OC(F)(F)O2)C(F)(F)C(F)(F)F. The van der Waals surface area contributed by atoms with E-state index in [4.69, 9.17) is 5.73 Å². The molecule has 2 rings (SSSR count). The molecule has 0 radical (unpaired) electrons. The van der Waals surface area contributed by atoms with Crippen LogP contribution in [-0.2, 0) is 0 Å². The quantitative estimate of drug-likeness (QED) is 0.836. The second kappa shape index (κ2) is 5.09. The van der Waals surface area contributed by atoms with E-state index in [0.29, 0.717) is 0 Å². The summed E-state index contributed by atoms with van der Waals surface area (Å²) in [6.45, 7) is 0. The van der Waals surface area contributed by atoms with Gasteiger partial charge in [-0.1, -0.05) is 12.1 Å². The number of fused-ring (bicyclic) bond motifs is 1. The zero-order valence-corrected chi connectivity index (χ0v) is 10.6. The molecule has 2 N–H and O–H groups in total. The van der Waals surface area contributed by atoms with E-state index in [2.05, 4.69) is 9.47 Å². The molecule has 1 aliphatic rings. The van der Waals surface area contributed by atoms with Gasteiger partial charge in [-0.15, -0.1) is 21.2 Å². The molecule has 120 valence electrons. The first kappa shape index (κ1) is 17.6. The molecule has 0 spiro atoms. The molecule has 0 fully saturated rings. The fourth-order valence-corrected chi connectivity index (χ4v) is 1.61. The number of rotatable bonds is 2. The van der Waals surface area contributed by atoms with Crippen LogP contribution in [0.25, 0.3) is 0 Å². The second-order valence-electron chi connectivity index (χ2n) is 3.94. The molecule has 3 nitrogen and oxygen atoms in total. The molecule has 11 heteroatoms. The molecule has 21 heavy (non-hydrogen) atoms. The van der Waals surface area contributed by atoms with Gasteiger partial charge >= 0.3 is 18.4 Å². The summed E-state index contributed by atoms with van der Waals surface area (Å²) in [6.07, 6.45) is -10.1. The summed E-state index contributed by atoms with van der Waals surface area (Å²) < 4.78 is 96.4. The average Bonchev–Trinajstić information content (AvgIpc) is 2.59. The van der Waals surface area contributed by atoms with Crippen molar-refractivity contribution >= 4 is 12.4 Å². The van der Waals surface area contributed by atoms with Gasteiger partial charge < -0.3 is 15.2 Å². The minimum absolute atomic E-state index is 0. The lowest BCUT2D eigenvalue weighted by molar-refractivity contribution is -0.293. The van der Waals surface area contributed by atoms with Gasteiger partial charge in [0, 0.05) is 5.56 Å². The molecule has 1 aromatic carbocycles. The van der Waals surface area contributed by atoms with Crippen LogP contribution in [0.1, 0.15) is 11.6 Å². The fraction of sp³-hybridized carbons (Fsp3) is 0.400. The van der Waals surface area contributed by atoms with Gasteiger partial charge in [-0.3, -0.25) is 0 Å². The van der Waals surface area contributed by atoms with Gasteiger partial charge in [-0.05, 0) is 6.07 Å². The van der Waals surface area contributed by atoms with Crippen molar-refractivity contribution in [3.8, 4) is 11.5 Å². The van der Waals surface area contributed by atoms with E-state index in [1.165, 1.54) is 0 Å². The summed E-state index contributed by atoms with van der Waals surface area (Å²) in [7, 11) is 0. The van der Waals surface area contributed by atoms with E-state index in [1.54, 1.807) is 0 Å². The predicted octanol–water partition coefficient (Wildman–Crippen LogP) is 3.63. The molecule has 1 aromatic rings.